The van der Waals surface area contributed by atoms with Crippen molar-refractivity contribution in [2.24, 2.45) is 0 Å². The fourth-order valence-corrected chi connectivity index (χ4v) is 1.60. The minimum Gasteiger partial charge on any atom is -0.367 e. The van der Waals surface area contributed by atoms with Gasteiger partial charge in [-0.15, -0.1) is 0 Å². The Balaban J connectivity index is 2.11. The maximum Gasteiger partial charge on any atom is 0.262 e. The molecule has 0 atom stereocenters. The van der Waals surface area contributed by atoms with E-state index in [0.717, 1.165) is 18.5 Å². The molecule has 0 aliphatic carbocycles. The average molecular weight is 246 g/mol. The lowest BCUT2D eigenvalue weighted by molar-refractivity contribution is 0.102. The van der Waals surface area contributed by atoms with Crippen molar-refractivity contribution in [1.29, 1.82) is 0 Å². The van der Waals surface area contributed by atoms with Crippen molar-refractivity contribution in [2.45, 2.75) is 19.8 Å². The van der Waals surface area contributed by atoms with Crippen molar-refractivity contribution in [2.75, 3.05) is 5.32 Å². The molecular formula is C12H14N4O2. The van der Waals surface area contributed by atoms with E-state index < -0.39 is 5.91 Å². The standard InChI is InChI=1S/C12H14N4O2/c1-2-3-8-6-11(16-15-8)14-12(18)9-7-13-5-4-10(9)17/h4-7H,2-3H2,1H3,(H,13,17)(H2,14,15,16,18). The number of amides is 1. The molecule has 0 fully saturated rings. The van der Waals surface area contributed by atoms with E-state index in [9.17, 15) is 9.59 Å². The zero-order chi connectivity index (χ0) is 13.0. The highest BCUT2D eigenvalue weighted by Crippen LogP contribution is 2.08. The first-order valence-electron chi connectivity index (χ1n) is 5.73. The van der Waals surface area contributed by atoms with Gasteiger partial charge in [0.05, 0.1) is 0 Å². The summed E-state index contributed by atoms with van der Waals surface area (Å²) in [5.74, 6) is -0.0434. The quantitative estimate of drug-likeness (QED) is 0.759. The number of aryl methyl sites for hydroxylation is 1. The molecule has 6 heteroatoms. The number of aromatic amines is 2. The molecule has 1 amide bonds. The summed E-state index contributed by atoms with van der Waals surface area (Å²) < 4.78 is 0. The third kappa shape index (κ3) is 2.65. The summed E-state index contributed by atoms with van der Waals surface area (Å²) in [5, 5.41) is 9.36. The Bertz CT molecular complexity index is 600. The average Bonchev–Trinajstić information content (AvgIpc) is 2.77. The van der Waals surface area contributed by atoms with Gasteiger partial charge in [-0.3, -0.25) is 14.7 Å². The van der Waals surface area contributed by atoms with Crippen molar-refractivity contribution < 1.29 is 4.79 Å². The minimum atomic E-state index is -0.466. The van der Waals surface area contributed by atoms with Crippen LogP contribution >= 0.6 is 0 Å². The second kappa shape index (κ2) is 5.31. The summed E-state index contributed by atoms with van der Waals surface area (Å²) in [6.07, 6.45) is 4.72. The van der Waals surface area contributed by atoms with Crippen molar-refractivity contribution in [1.82, 2.24) is 15.2 Å². The Morgan fingerprint density at radius 1 is 1.50 bits per heavy atom. The molecule has 0 bridgehead atoms. The van der Waals surface area contributed by atoms with Crippen LogP contribution in [0, 0.1) is 0 Å². The molecule has 6 nitrogen and oxygen atoms in total. The van der Waals surface area contributed by atoms with Gasteiger partial charge in [0, 0.05) is 30.2 Å². The van der Waals surface area contributed by atoms with Crippen LogP contribution in [-0.2, 0) is 6.42 Å². The first-order valence-corrected chi connectivity index (χ1v) is 5.73. The van der Waals surface area contributed by atoms with Gasteiger partial charge in [0.2, 0.25) is 0 Å². The van der Waals surface area contributed by atoms with E-state index in [2.05, 4.69) is 27.4 Å². The van der Waals surface area contributed by atoms with Crippen LogP contribution in [0.15, 0.2) is 29.3 Å². The molecule has 0 unspecified atom stereocenters. The van der Waals surface area contributed by atoms with E-state index in [-0.39, 0.29) is 11.0 Å². The summed E-state index contributed by atoms with van der Waals surface area (Å²) in [6, 6.07) is 3.07. The van der Waals surface area contributed by atoms with Crippen LogP contribution in [0.2, 0.25) is 0 Å². The molecule has 0 radical (unpaired) electrons. The Hall–Kier alpha value is -2.37. The zero-order valence-corrected chi connectivity index (χ0v) is 9.99. The van der Waals surface area contributed by atoms with Gasteiger partial charge < -0.3 is 10.3 Å². The van der Waals surface area contributed by atoms with Gasteiger partial charge in [-0.25, -0.2) is 0 Å². The number of rotatable bonds is 4. The minimum absolute atomic E-state index is 0.0672. The summed E-state index contributed by atoms with van der Waals surface area (Å²) in [7, 11) is 0. The number of hydrogen-bond acceptors (Lipinski definition) is 3. The van der Waals surface area contributed by atoms with E-state index in [1.54, 1.807) is 6.07 Å². The maximum absolute atomic E-state index is 11.8. The van der Waals surface area contributed by atoms with Crippen molar-refractivity contribution in [3.8, 4) is 0 Å². The van der Waals surface area contributed by atoms with Crippen molar-refractivity contribution in [3.63, 3.8) is 0 Å². The maximum atomic E-state index is 11.8. The molecule has 0 aliphatic rings. The molecule has 3 N–H and O–H groups in total. The van der Waals surface area contributed by atoms with Gasteiger partial charge in [-0.2, -0.15) is 5.10 Å². The first kappa shape index (κ1) is 12.1. The number of aromatic nitrogens is 3. The van der Waals surface area contributed by atoms with Crippen LogP contribution < -0.4 is 10.7 Å². The Morgan fingerprint density at radius 2 is 2.33 bits per heavy atom. The third-order valence-electron chi connectivity index (χ3n) is 2.46. The van der Waals surface area contributed by atoms with Crippen LogP contribution in [0.5, 0.6) is 0 Å². The molecule has 18 heavy (non-hydrogen) atoms. The van der Waals surface area contributed by atoms with E-state index in [1.165, 1.54) is 18.5 Å². The highest BCUT2D eigenvalue weighted by atomic mass is 16.2. The van der Waals surface area contributed by atoms with Crippen molar-refractivity contribution in [3.05, 3.63) is 46.0 Å². The first-order chi connectivity index (χ1) is 8.70. The molecule has 94 valence electrons. The van der Waals surface area contributed by atoms with Crippen molar-refractivity contribution >= 4 is 11.7 Å². The predicted molar refractivity (Wildman–Crippen MR) is 67.6 cm³/mol. The van der Waals surface area contributed by atoms with E-state index >= 15 is 0 Å². The van der Waals surface area contributed by atoms with Crippen LogP contribution in [-0.4, -0.2) is 21.1 Å². The number of hydrogen-bond donors (Lipinski definition) is 3. The molecule has 0 spiro atoms. The summed E-state index contributed by atoms with van der Waals surface area (Å²) in [4.78, 5) is 26.0. The van der Waals surface area contributed by atoms with E-state index in [4.69, 9.17) is 0 Å². The molecule has 0 aromatic carbocycles. The lowest BCUT2D eigenvalue weighted by Gasteiger charge is -1.99. The molecule has 2 heterocycles. The van der Waals surface area contributed by atoms with Crippen LogP contribution in [0.4, 0.5) is 5.82 Å². The van der Waals surface area contributed by atoms with E-state index in [1.807, 2.05) is 0 Å². The molecule has 2 rings (SSSR count). The SMILES string of the molecule is CCCc1cc(NC(=O)c2c[nH]ccc2=O)n[nH]1. The highest BCUT2D eigenvalue weighted by Gasteiger charge is 2.11. The number of nitrogens with one attached hydrogen (secondary N) is 3. The topological polar surface area (TPSA) is 90.6 Å². The molecule has 2 aromatic rings. The second-order valence-electron chi connectivity index (χ2n) is 3.90. The molecule has 0 saturated heterocycles. The fourth-order valence-electron chi connectivity index (χ4n) is 1.60. The van der Waals surface area contributed by atoms with Gasteiger partial charge >= 0.3 is 0 Å². The zero-order valence-electron chi connectivity index (χ0n) is 9.99. The Labute approximate surface area is 103 Å². The third-order valence-corrected chi connectivity index (χ3v) is 2.46. The number of anilines is 1. The van der Waals surface area contributed by atoms with Gasteiger partial charge in [0.15, 0.2) is 11.2 Å². The van der Waals surface area contributed by atoms with Gasteiger partial charge in [0.25, 0.3) is 5.91 Å². The molecule has 0 saturated carbocycles. The summed E-state index contributed by atoms with van der Waals surface area (Å²) in [6.45, 7) is 2.06. The fraction of sp³-hybridized carbons (Fsp3) is 0.250. The number of H-pyrrole nitrogens is 2. The summed E-state index contributed by atoms with van der Waals surface area (Å²) >= 11 is 0. The number of carbonyl (C=O) groups excluding carboxylic acids is 1. The second-order valence-corrected chi connectivity index (χ2v) is 3.90. The van der Waals surface area contributed by atoms with Gasteiger partial charge in [-0.1, -0.05) is 13.3 Å². The normalized spacial score (nSPS) is 10.3. The van der Waals surface area contributed by atoms with Gasteiger partial charge in [-0.05, 0) is 6.42 Å². The van der Waals surface area contributed by atoms with Crippen LogP contribution in [0.3, 0.4) is 0 Å². The van der Waals surface area contributed by atoms with E-state index in [0.29, 0.717) is 5.82 Å². The van der Waals surface area contributed by atoms with Crippen LogP contribution in [0.1, 0.15) is 29.4 Å². The Morgan fingerprint density at radius 3 is 3.06 bits per heavy atom. The smallest absolute Gasteiger partial charge is 0.262 e. The Kier molecular flexibility index (Phi) is 3.57. The largest absolute Gasteiger partial charge is 0.367 e. The van der Waals surface area contributed by atoms with Gasteiger partial charge in [0.1, 0.15) is 5.56 Å². The number of carbonyl (C=O) groups is 1. The predicted octanol–water partition coefficient (Wildman–Crippen LogP) is 1.30. The number of pyridine rings is 1. The van der Waals surface area contributed by atoms with Crippen LogP contribution in [0.25, 0.3) is 0 Å². The highest BCUT2D eigenvalue weighted by molar-refractivity contribution is 6.03. The molecule has 2 aromatic heterocycles. The number of nitrogens with zero attached hydrogens (tertiary/aromatic N) is 1. The molecular weight excluding hydrogens is 232 g/mol. The summed E-state index contributed by atoms with van der Waals surface area (Å²) in [5.41, 5.74) is 0.697. The lowest BCUT2D eigenvalue weighted by atomic mass is 10.2. The monoisotopic (exact) mass is 246 g/mol. The lowest BCUT2D eigenvalue weighted by Crippen LogP contribution is -2.20. The molecule has 0 aliphatic heterocycles.